The Morgan fingerprint density at radius 3 is 1.55 bits per heavy atom. The van der Waals surface area contributed by atoms with Crippen molar-refractivity contribution < 1.29 is 49.3 Å². The first-order valence-corrected chi connectivity index (χ1v) is 29.1. The van der Waals surface area contributed by atoms with Crippen molar-refractivity contribution in [2.45, 2.75) is 294 Å². The third kappa shape index (κ3) is 36.9. The number of esters is 1. The Hall–Kier alpha value is -2.64. The van der Waals surface area contributed by atoms with Gasteiger partial charge in [0.1, 0.15) is 24.4 Å². The maximum absolute atomic E-state index is 13.3. The zero-order valence-electron chi connectivity index (χ0n) is 45.3. The molecule has 0 bridgehead atoms. The Morgan fingerprint density at radius 2 is 1.03 bits per heavy atom. The van der Waals surface area contributed by atoms with Crippen LogP contribution in [0.4, 0.5) is 0 Å². The van der Waals surface area contributed by atoms with Gasteiger partial charge in [0.05, 0.1) is 25.4 Å². The quantitative estimate of drug-likeness (QED) is 0.0149. The Morgan fingerprint density at radius 1 is 0.563 bits per heavy atom. The van der Waals surface area contributed by atoms with Crippen LogP contribution in [0, 0.1) is 0 Å². The molecule has 8 atom stereocenters. The fourth-order valence-electron chi connectivity index (χ4n) is 8.82. The lowest BCUT2D eigenvalue weighted by molar-refractivity contribution is -0.305. The number of hydrogen-bond acceptors (Lipinski definition) is 10. The van der Waals surface area contributed by atoms with E-state index in [1.54, 1.807) is 6.08 Å². The predicted molar refractivity (Wildman–Crippen MR) is 292 cm³/mol. The molecule has 1 rings (SSSR count). The Kier molecular flexibility index (Phi) is 45.2. The Balaban J connectivity index is 2.73. The highest BCUT2D eigenvalue weighted by molar-refractivity contribution is 5.80. The summed E-state index contributed by atoms with van der Waals surface area (Å²) in [5, 5.41) is 56.8. The minimum Gasteiger partial charge on any atom is -0.454 e. The van der Waals surface area contributed by atoms with E-state index in [4.69, 9.17) is 14.2 Å². The van der Waals surface area contributed by atoms with Gasteiger partial charge in [-0.1, -0.05) is 229 Å². The SMILES string of the molecule is CC/C=C/C=C/C=C\CCCCCCC(O)C(=O)NC(COC1OC(CO)C(O)C(O)C1OC(=O)CCCCCCCCC/C=C/CCCCCCCC)C(O)/C=C/CCCCCCCCCCCCC. The number of nitrogens with one attached hydrogen (secondary N) is 1. The monoisotopic (exact) mass is 1000 g/mol. The molecule has 1 aliphatic rings. The first-order chi connectivity index (χ1) is 34.7. The number of rotatable bonds is 48. The van der Waals surface area contributed by atoms with Crippen LogP contribution >= 0.6 is 0 Å². The lowest BCUT2D eigenvalue weighted by atomic mass is 9.99. The predicted octanol–water partition coefficient (Wildman–Crippen LogP) is 13.1. The highest BCUT2D eigenvalue weighted by Crippen LogP contribution is 2.26. The van der Waals surface area contributed by atoms with Crippen LogP contribution in [-0.2, 0) is 23.8 Å². The molecule has 0 spiro atoms. The molecule has 11 heteroatoms. The van der Waals surface area contributed by atoms with Crippen molar-refractivity contribution in [1.82, 2.24) is 5.32 Å². The molecule has 1 fully saturated rings. The van der Waals surface area contributed by atoms with E-state index < -0.39 is 67.4 Å². The van der Waals surface area contributed by atoms with E-state index in [-0.39, 0.29) is 19.4 Å². The summed E-state index contributed by atoms with van der Waals surface area (Å²) in [7, 11) is 0. The molecule has 0 saturated carbocycles. The average Bonchev–Trinajstić information content (AvgIpc) is 3.37. The second kappa shape index (κ2) is 48.3. The van der Waals surface area contributed by atoms with E-state index in [0.717, 1.165) is 83.5 Å². The van der Waals surface area contributed by atoms with Crippen molar-refractivity contribution >= 4 is 11.9 Å². The molecule has 11 nitrogen and oxygen atoms in total. The maximum atomic E-state index is 13.3. The molecule has 1 aliphatic heterocycles. The lowest BCUT2D eigenvalue weighted by Gasteiger charge is -2.41. The van der Waals surface area contributed by atoms with Crippen molar-refractivity contribution in [3.63, 3.8) is 0 Å². The minimum atomic E-state index is -1.62. The van der Waals surface area contributed by atoms with Crippen molar-refractivity contribution in [3.05, 3.63) is 60.8 Å². The fraction of sp³-hybridized carbons (Fsp3) is 0.800. The number of carbonyl (C=O) groups excluding carboxylic acids is 2. The molecule has 6 N–H and O–H groups in total. The zero-order chi connectivity index (χ0) is 51.8. The molecule has 0 radical (unpaired) electrons. The van der Waals surface area contributed by atoms with Gasteiger partial charge in [0.2, 0.25) is 5.91 Å². The summed E-state index contributed by atoms with van der Waals surface area (Å²) in [5.41, 5.74) is 0. The van der Waals surface area contributed by atoms with Gasteiger partial charge in [0.25, 0.3) is 0 Å². The first kappa shape index (κ1) is 66.4. The second-order valence-electron chi connectivity index (χ2n) is 20.1. The van der Waals surface area contributed by atoms with Crippen LogP contribution in [0.3, 0.4) is 0 Å². The van der Waals surface area contributed by atoms with Gasteiger partial charge in [-0.15, -0.1) is 0 Å². The number of ether oxygens (including phenoxy) is 3. The highest BCUT2D eigenvalue weighted by Gasteiger charge is 2.47. The molecule has 0 aromatic rings. The van der Waals surface area contributed by atoms with Gasteiger partial charge in [-0.3, -0.25) is 9.59 Å². The Labute approximate surface area is 433 Å². The highest BCUT2D eigenvalue weighted by atomic mass is 16.7. The van der Waals surface area contributed by atoms with E-state index in [2.05, 4.69) is 50.4 Å². The van der Waals surface area contributed by atoms with Crippen LogP contribution in [0.15, 0.2) is 60.8 Å². The van der Waals surface area contributed by atoms with Gasteiger partial charge in [0.15, 0.2) is 12.4 Å². The number of allylic oxidation sites excluding steroid dienone is 9. The summed E-state index contributed by atoms with van der Waals surface area (Å²) in [4.78, 5) is 26.4. The van der Waals surface area contributed by atoms with Crippen LogP contribution < -0.4 is 5.32 Å². The van der Waals surface area contributed by atoms with E-state index in [0.29, 0.717) is 12.8 Å². The lowest BCUT2D eigenvalue weighted by Crippen LogP contribution is -2.61. The van der Waals surface area contributed by atoms with Crippen LogP contribution in [0.25, 0.3) is 0 Å². The molecule has 71 heavy (non-hydrogen) atoms. The molecule has 1 heterocycles. The van der Waals surface area contributed by atoms with Gasteiger partial charge >= 0.3 is 5.97 Å². The fourth-order valence-corrected chi connectivity index (χ4v) is 8.82. The number of aliphatic hydroxyl groups is 5. The first-order valence-electron chi connectivity index (χ1n) is 29.1. The summed E-state index contributed by atoms with van der Waals surface area (Å²) in [5.74, 6) is -1.22. The maximum Gasteiger partial charge on any atom is 0.306 e. The van der Waals surface area contributed by atoms with Crippen molar-refractivity contribution in [3.8, 4) is 0 Å². The number of unbranched alkanes of at least 4 members (excludes halogenated alkanes) is 28. The Bertz CT molecular complexity index is 1380. The van der Waals surface area contributed by atoms with Crippen molar-refractivity contribution in [2.75, 3.05) is 13.2 Å². The third-order valence-corrected chi connectivity index (χ3v) is 13.5. The standard InChI is InChI=1S/C60H107NO10/c1-4-7-10-13-16-19-22-25-26-27-28-30-33-36-39-42-45-48-55(65)71-58-57(67)56(66)54(49-62)70-60(58)69-50-51(52(63)46-43-40-37-34-32-29-23-20-17-14-11-8-5-2)61-59(68)53(64)47-44-41-38-35-31-24-21-18-15-12-9-6-3/h9,12,15,18,21,24-26,43,46,51-54,56-58,60,62-64,66-67H,4-8,10-11,13-14,16-17,19-20,22-23,27-42,44-45,47-50H2,1-3H3,(H,61,68)/b12-9+,18-15+,24-21-,26-25+,46-43+. The summed E-state index contributed by atoms with van der Waals surface area (Å²) in [6.07, 6.45) is 48.3. The average molecular weight is 1000 g/mol. The molecule has 1 saturated heterocycles. The normalized spacial score (nSPS) is 20.0. The number of amides is 1. The number of aliphatic hydroxyl groups excluding tert-OH is 5. The smallest absolute Gasteiger partial charge is 0.306 e. The van der Waals surface area contributed by atoms with E-state index in [1.165, 1.54) is 116 Å². The topological polar surface area (TPSA) is 175 Å². The second-order valence-corrected chi connectivity index (χ2v) is 20.1. The van der Waals surface area contributed by atoms with Crippen LogP contribution in [0.1, 0.15) is 245 Å². The van der Waals surface area contributed by atoms with Gasteiger partial charge in [-0.25, -0.2) is 0 Å². The van der Waals surface area contributed by atoms with Crippen LogP contribution in [0.2, 0.25) is 0 Å². The van der Waals surface area contributed by atoms with Crippen molar-refractivity contribution in [1.29, 1.82) is 0 Å². The molecule has 1 amide bonds. The molecule has 0 aromatic carbocycles. The van der Waals surface area contributed by atoms with E-state index in [1.807, 2.05) is 30.4 Å². The summed E-state index contributed by atoms with van der Waals surface area (Å²) in [6.45, 7) is 5.62. The van der Waals surface area contributed by atoms with Crippen LogP contribution in [0.5, 0.6) is 0 Å². The molecule has 0 aromatic heterocycles. The van der Waals surface area contributed by atoms with E-state index in [9.17, 15) is 35.1 Å². The minimum absolute atomic E-state index is 0.115. The zero-order valence-corrected chi connectivity index (χ0v) is 45.3. The van der Waals surface area contributed by atoms with Crippen LogP contribution in [-0.4, -0.2) is 99.6 Å². The van der Waals surface area contributed by atoms with Crippen molar-refractivity contribution in [2.24, 2.45) is 0 Å². The van der Waals surface area contributed by atoms with Gasteiger partial charge in [0, 0.05) is 6.42 Å². The molecule has 8 unspecified atom stereocenters. The largest absolute Gasteiger partial charge is 0.454 e. The number of hydrogen-bond donors (Lipinski definition) is 6. The van der Waals surface area contributed by atoms with E-state index >= 15 is 0 Å². The molecule has 412 valence electrons. The molecular weight excluding hydrogens is 895 g/mol. The molecule has 0 aliphatic carbocycles. The summed E-state index contributed by atoms with van der Waals surface area (Å²) < 4.78 is 17.6. The van der Waals surface area contributed by atoms with Gasteiger partial charge in [-0.2, -0.15) is 0 Å². The van der Waals surface area contributed by atoms with Gasteiger partial charge < -0.3 is 45.1 Å². The summed E-state index contributed by atoms with van der Waals surface area (Å²) >= 11 is 0. The third-order valence-electron chi connectivity index (χ3n) is 13.5. The molecular formula is C60H107NO10. The van der Waals surface area contributed by atoms with Gasteiger partial charge in [-0.05, 0) is 70.6 Å². The summed E-state index contributed by atoms with van der Waals surface area (Å²) in [6, 6.07) is -1.04. The number of carbonyl (C=O) groups is 2.